The highest BCUT2D eigenvalue weighted by molar-refractivity contribution is 7.91. The predicted octanol–water partition coefficient (Wildman–Crippen LogP) is 2.49. The first-order chi connectivity index (χ1) is 8.72. The van der Waals surface area contributed by atoms with Crippen LogP contribution in [-0.2, 0) is 14.8 Å². The lowest BCUT2D eigenvalue weighted by molar-refractivity contribution is -0.137. The first-order valence-electron chi connectivity index (χ1n) is 5.69. The summed E-state index contributed by atoms with van der Waals surface area (Å²) < 4.78 is 27.0. The molecule has 1 aromatic rings. The van der Waals surface area contributed by atoms with Gasteiger partial charge in [0.2, 0.25) is 10.0 Å². The summed E-state index contributed by atoms with van der Waals surface area (Å²) in [4.78, 5) is 10.4. The van der Waals surface area contributed by atoms with Crippen LogP contribution in [0, 0.1) is 12.8 Å². The van der Waals surface area contributed by atoms with Gasteiger partial charge in [0.1, 0.15) is 4.21 Å². The third kappa shape index (κ3) is 5.10. The maximum atomic E-state index is 12.0. The Morgan fingerprint density at radius 1 is 1.58 bits per heavy atom. The molecule has 1 atom stereocenters. The van der Waals surface area contributed by atoms with E-state index in [9.17, 15) is 13.2 Å². The Labute approximate surface area is 121 Å². The van der Waals surface area contributed by atoms with E-state index in [1.807, 2.05) is 0 Å². The molecule has 0 saturated heterocycles. The molecule has 19 heavy (non-hydrogen) atoms. The molecule has 0 saturated carbocycles. The molecule has 1 aromatic heterocycles. The second-order valence-corrected chi connectivity index (χ2v) is 8.06. The van der Waals surface area contributed by atoms with Gasteiger partial charge in [0.25, 0.3) is 0 Å². The minimum Gasteiger partial charge on any atom is -0.481 e. The van der Waals surface area contributed by atoms with Gasteiger partial charge in [0.05, 0.1) is 4.34 Å². The molecule has 108 valence electrons. The Hall–Kier alpha value is -0.630. The zero-order valence-corrected chi connectivity index (χ0v) is 13.0. The molecule has 0 fully saturated rings. The third-order valence-electron chi connectivity index (χ3n) is 2.57. The maximum absolute atomic E-state index is 12.0. The van der Waals surface area contributed by atoms with Crippen molar-refractivity contribution in [1.29, 1.82) is 0 Å². The number of carbonyl (C=O) groups is 1. The molecule has 1 rings (SSSR count). The minimum absolute atomic E-state index is 0.0346. The number of carboxylic acids is 1. The number of aryl methyl sites for hydroxylation is 1. The van der Waals surface area contributed by atoms with Crippen LogP contribution in [0.2, 0.25) is 4.34 Å². The fraction of sp³-hybridized carbons (Fsp3) is 0.545. The van der Waals surface area contributed by atoms with Crippen molar-refractivity contribution in [3.8, 4) is 0 Å². The van der Waals surface area contributed by atoms with Crippen LogP contribution < -0.4 is 4.72 Å². The summed E-state index contributed by atoms with van der Waals surface area (Å²) in [6, 6.07) is 1.53. The molecule has 0 aromatic carbocycles. The molecular weight excluding hydrogens is 310 g/mol. The van der Waals surface area contributed by atoms with E-state index in [1.165, 1.54) is 6.07 Å². The van der Waals surface area contributed by atoms with Gasteiger partial charge in [-0.05, 0) is 30.9 Å². The number of hydrogen-bond donors (Lipinski definition) is 2. The van der Waals surface area contributed by atoms with Gasteiger partial charge in [-0.15, -0.1) is 11.3 Å². The molecule has 0 spiro atoms. The van der Waals surface area contributed by atoms with Crippen LogP contribution >= 0.6 is 22.9 Å². The van der Waals surface area contributed by atoms with Gasteiger partial charge in [-0.25, -0.2) is 13.1 Å². The summed E-state index contributed by atoms with van der Waals surface area (Å²) >= 11 is 6.86. The highest BCUT2D eigenvalue weighted by Gasteiger charge is 2.19. The lowest BCUT2D eigenvalue weighted by atomic mass is 10.1. The molecule has 0 aliphatic carbocycles. The number of carboxylic acid groups (broad SMARTS) is 1. The van der Waals surface area contributed by atoms with Gasteiger partial charge in [0, 0.05) is 13.0 Å². The van der Waals surface area contributed by atoms with E-state index >= 15 is 0 Å². The molecule has 0 amide bonds. The molecule has 5 nitrogen and oxygen atoms in total. The molecule has 0 aliphatic rings. The normalized spacial score (nSPS) is 13.4. The molecule has 1 unspecified atom stereocenters. The highest BCUT2D eigenvalue weighted by atomic mass is 35.5. The summed E-state index contributed by atoms with van der Waals surface area (Å²) in [7, 11) is -3.56. The Balaban J connectivity index is 2.58. The quantitative estimate of drug-likeness (QED) is 0.806. The van der Waals surface area contributed by atoms with Gasteiger partial charge in [-0.1, -0.05) is 18.5 Å². The number of thiophene rings is 1. The first kappa shape index (κ1) is 16.4. The second-order valence-electron chi connectivity index (χ2n) is 4.41. The predicted molar refractivity (Wildman–Crippen MR) is 75.3 cm³/mol. The van der Waals surface area contributed by atoms with Crippen LogP contribution in [0.15, 0.2) is 10.3 Å². The summed E-state index contributed by atoms with van der Waals surface area (Å²) in [5.74, 6) is -0.919. The van der Waals surface area contributed by atoms with Crippen molar-refractivity contribution in [2.45, 2.75) is 30.9 Å². The van der Waals surface area contributed by atoms with Crippen LogP contribution in [-0.4, -0.2) is 26.0 Å². The summed E-state index contributed by atoms with van der Waals surface area (Å²) in [5, 5.41) is 8.55. The van der Waals surface area contributed by atoms with Crippen LogP contribution in [0.25, 0.3) is 0 Å². The fourth-order valence-electron chi connectivity index (χ4n) is 1.36. The van der Waals surface area contributed by atoms with E-state index < -0.39 is 16.0 Å². The van der Waals surface area contributed by atoms with E-state index in [2.05, 4.69) is 4.72 Å². The Bertz CT molecular complexity index is 534. The number of sulfonamides is 1. The molecule has 1 heterocycles. The number of nitrogens with one attached hydrogen (secondary N) is 1. The monoisotopic (exact) mass is 325 g/mol. The number of halogens is 1. The van der Waals surface area contributed by atoms with Crippen molar-refractivity contribution < 1.29 is 18.3 Å². The smallest absolute Gasteiger partial charge is 0.303 e. The molecule has 0 radical (unpaired) electrons. The van der Waals surface area contributed by atoms with E-state index in [0.717, 1.165) is 16.9 Å². The van der Waals surface area contributed by atoms with Crippen LogP contribution in [0.5, 0.6) is 0 Å². The zero-order valence-electron chi connectivity index (χ0n) is 10.6. The zero-order chi connectivity index (χ0) is 14.6. The summed E-state index contributed by atoms with van der Waals surface area (Å²) in [5.41, 5.74) is 0.728. The topological polar surface area (TPSA) is 83.5 Å². The summed E-state index contributed by atoms with van der Waals surface area (Å²) in [6.45, 7) is 3.76. The van der Waals surface area contributed by atoms with Gasteiger partial charge in [-0.3, -0.25) is 4.79 Å². The van der Waals surface area contributed by atoms with E-state index in [0.29, 0.717) is 10.8 Å². The van der Waals surface area contributed by atoms with E-state index in [4.69, 9.17) is 16.7 Å². The first-order valence-corrected chi connectivity index (χ1v) is 8.37. The lowest BCUT2D eigenvalue weighted by Crippen LogP contribution is -2.28. The van der Waals surface area contributed by atoms with Gasteiger partial charge in [0.15, 0.2) is 0 Å². The van der Waals surface area contributed by atoms with Crippen molar-refractivity contribution in [3.05, 3.63) is 16.0 Å². The van der Waals surface area contributed by atoms with Gasteiger partial charge < -0.3 is 5.11 Å². The minimum atomic E-state index is -3.56. The number of rotatable bonds is 7. The second kappa shape index (κ2) is 6.69. The summed E-state index contributed by atoms with van der Waals surface area (Å²) in [6.07, 6.45) is 0.467. The molecule has 0 aliphatic heterocycles. The maximum Gasteiger partial charge on any atom is 0.303 e. The highest BCUT2D eigenvalue weighted by Crippen LogP contribution is 2.29. The van der Waals surface area contributed by atoms with Gasteiger partial charge >= 0.3 is 5.97 Å². The Morgan fingerprint density at radius 3 is 2.68 bits per heavy atom. The average Bonchev–Trinajstić information content (AvgIpc) is 2.65. The van der Waals surface area contributed by atoms with E-state index in [1.54, 1.807) is 13.8 Å². The van der Waals surface area contributed by atoms with Crippen molar-refractivity contribution in [3.63, 3.8) is 0 Å². The van der Waals surface area contributed by atoms with Crippen LogP contribution in [0.1, 0.15) is 25.3 Å². The van der Waals surface area contributed by atoms with Crippen LogP contribution in [0.4, 0.5) is 0 Å². The number of hydrogen-bond acceptors (Lipinski definition) is 4. The fourth-order valence-corrected chi connectivity index (χ4v) is 4.28. The van der Waals surface area contributed by atoms with Crippen molar-refractivity contribution >= 4 is 38.9 Å². The van der Waals surface area contributed by atoms with Crippen LogP contribution in [0.3, 0.4) is 0 Å². The standard InChI is InChI=1S/C11H16ClNO4S2/c1-7(3-4-9(14)15)6-13-19(16,17)10-5-8(2)11(12)18-10/h5,7,13H,3-4,6H2,1-2H3,(H,14,15). The average molecular weight is 326 g/mol. The van der Waals surface area contributed by atoms with Crippen molar-refractivity contribution in [1.82, 2.24) is 4.72 Å². The number of aliphatic carboxylic acids is 1. The van der Waals surface area contributed by atoms with Gasteiger partial charge in [-0.2, -0.15) is 0 Å². The molecule has 2 N–H and O–H groups in total. The Kier molecular flexibility index (Phi) is 5.79. The molecular formula is C11H16ClNO4S2. The largest absolute Gasteiger partial charge is 0.481 e. The van der Waals surface area contributed by atoms with Crippen molar-refractivity contribution in [2.75, 3.05) is 6.54 Å². The SMILES string of the molecule is Cc1cc(S(=O)(=O)NCC(C)CCC(=O)O)sc1Cl. The Morgan fingerprint density at radius 2 is 2.21 bits per heavy atom. The lowest BCUT2D eigenvalue weighted by Gasteiger charge is -2.10. The molecule has 0 bridgehead atoms. The van der Waals surface area contributed by atoms with Crippen molar-refractivity contribution in [2.24, 2.45) is 5.92 Å². The third-order valence-corrected chi connectivity index (χ3v) is 6.02. The van der Waals surface area contributed by atoms with E-state index in [-0.39, 0.29) is 23.1 Å². The molecule has 8 heteroatoms.